The predicted molar refractivity (Wildman–Crippen MR) is 57.7 cm³/mol. The molecule has 0 aromatic rings. The van der Waals surface area contributed by atoms with Gasteiger partial charge < -0.3 is 14.4 Å². The zero-order valence-corrected chi connectivity index (χ0v) is 9.70. The highest BCUT2D eigenvalue weighted by Gasteiger charge is 2.15. The Morgan fingerprint density at radius 3 is 2.73 bits per heavy atom. The lowest BCUT2D eigenvalue weighted by Gasteiger charge is -2.26. The van der Waals surface area contributed by atoms with Crippen molar-refractivity contribution in [1.29, 1.82) is 0 Å². The van der Waals surface area contributed by atoms with Crippen molar-refractivity contribution in [2.75, 3.05) is 40.5 Å². The molecule has 0 aromatic heterocycles. The maximum Gasteiger partial charge on any atom is 0.306 e. The van der Waals surface area contributed by atoms with E-state index in [1.807, 2.05) is 0 Å². The molecule has 0 amide bonds. The minimum atomic E-state index is -0.131. The van der Waals surface area contributed by atoms with Crippen LogP contribution in [0.15, 0.2) is 0 Å². The number of nitrogens with zero attached hydrogens (tertiary/aromatic N) is 1. The molecule has 4 heteroatoms. The second kappa shape index (κ2) is 6.80. The van der Waals surface area contributed by atoms with Gasteiger partial charge in [-0.1, -0.05) is 0 Å². The van der Waals surface area contributed by atoms with Gasteiger partial charge in [0.05, 0.1) is 13.5 Å². The first-order chi connectivity index (χ1) is 7.22. The van der Waals surface area contributed by atoms with Crippen LogP contribution in [0.25, 0.3) is 0 Å². The molecule has 0 atom stereocenters. The number of carbonyl (C=O) groups is 1. The first-order valence-corrected chi connectivity index (χ1v) is 5.55. The van der Waals surface area contributed by atoms with Crippen LogP contribution in [0.4, 0.5) is 0 Å². The van der Waals surface area contributed by atoms with Gasteiger partial charge in [0.15, 0.2) is 0 Å². The molecule has 0 aromatic carbocycles. The molecule has 1 aliphatic heterocycles. The van der Waals surface area contributed by atoms with Gasteiger partial charge in [-0.25, -0.2) is 0 Å². The van der Waals surface area contributed by atoms with Gasteiger partial charge in [0.2, 0.25) is 0 Å². The van der Waals surface area contributed by atoms with E-state index >= 15 is 0 Å². The van der Waals surface area contributed by atoms with Crippen molar-refractivity contribution >= 4 is 5.97 Å². The highest BCUT2D eigenvalue weighted by atomic mass is 16.5. The van der Waals surface area contributed by atoms with Gasteiger partial charge in [-0.2, -0.15) is 0 Å². The maximum atomic E-state index is 10.9. The van der Waals surface area contributed by atoms with Gasteiger partial charge in [0, 0.05) is 26.3 Å². The van der Waals surface area contributed by atoms with Crippen LogP contribution in [0.2, 0.25) is 0 Å². The zero-order chi connectivity index (χ0) is 11.1. The fourth-order valence-electron chi connectivity index (χ4n) is 1.85. The quantitative estimate of drug-likeness (QED) is 0.639. The average Bonchev–Trinajstić information content (AvgIpc) is 2.27. The molecular weight excluding hydrogens is 194 g/mol. The van der Waals surface area contributed by atoms with Gasteiger partial charge in [-0.3, -0.25) is 4.79 Å². The Morgan fingerprint density at radius 2 is 2.13 bits per heavy atom. The summed E-state index contributed by atoms with van der Waals surface area (Å²) in [6, 6.07) is 0. The lowest BCUT2D eigenvalue weighted by molar-refractivity contribution is -0.140. The molecular formula is C11H21NO3. The summed E-state index contributed by atoms with van der Waals surface area (Å²) in [5.74, 6) is 0.593. The van der Waals surface area contributed by atoms with E-state index in [-0.39, 0.29) is 5.97 Å². The third kappa shape index (κ3) is 5.14. The first kappa shape index (κ1) is 12.5. The number of hydrogen-bond acceptors (Lipinski definition) is 4. The van der Waals surface area contributed by atoms with Crippen LogP contribution >= 0.6 is 0 Å². The number of esters is 1. The molecule has 1 saturated heterocycles. The van der Waals surface area contributed by atoms with Gasteiger partial charge >= 0.3 is 5.97 Å². The van der Waals surface area contributed by atoms with Crippen molar-refractivity contribution < 1.29 is 14.3 Å². The van der Waals surface area contributed by atoms with E-state index in [0.29, 0.717) is 6.42 Å². The monoisotopic (exact) mass is 215 g/mol. The molecule has 1 aliphatic rings. The van der Waals surface area contributed by atoms with E-state index in [0.717, 1.165) is 45.1 Å². The normalized spacial score (nSPS) is 18.1. The number of methoxy groups -OCH3 is 1. The summed E-state index contributed by atoms with van der Waals surface area (Å²) in [6.45, 7) is 3.61. The Labute approximate surface area is 91.5 Å². The molecule has 1 rings (SSSR count). The third-order valence-electron chi connectivity index (χ3n) is 2.84. The molecule has 0 bridgehead atoms. The van der Waals surface area contributed by atoms with Crippen molar-refractivity contribution in [3.63, 3.8) is 0 Å². The minimum absolute atomic E-state index is 0.131. The van der Waals surface area contributed by atoms with E-state index in [1.54, 1.807) is 0 Å². The Bertz CT molecular complexity index is 190. The summed E-state index contributed by atoms with van der Waals surface area (Å²) in [7, 11) is 3.49. The Hall–Kier alpha value is -0.610. The van der Waals surface area contributed by atoms with Gasteiger partial charge in [0.1, 0.15) is 0 Å². The minimum Gasteiger partial charge on any atom is -0.469 e. The molecule has 0 radical (unpaired) electrons. The molecule has 0 saturated carbocycles. The number of carbonyl (C=O) groups excluding carboxylic acids is 1. The summed E-state index contributed by atoms with van der Waals surface area (Å²) in [5.41, 5.74) is 0. The summed E-state index contributed by atoms with van der Waals surface area (Å²) in [5, 5.41) is 0. The average molecular weight is 215 g/mol. The van der Waals surface area contributed by atoms with Crippen LogP contribution in [0.3, 0.4) is 0 Å². The Kier molecular flexibility index (Phi) is 5.65. The summed E-state index contributed by atoms with van der Waals surface area (Å²) < 4.78 is 9.91. The van der Waals surface area contributed by atoms with Gasteiger partial charge in [-0.15, -0.1) is 0 Å². The Balaban J connectivity index is 2.11. The summed E-state index contributed by atoms with van der Waals surface area (Å²) >= 11 is 0. The third-order valence-corrected chi connectivity index (χ3v) is 2.84. The van der Waals surface area contributed by atoms with Crippen LogP contribution in [0.5, 0.6) is 0 Å². The van der Waals surface area contributed by atoms with Crippen molar-refractivity contribution in [3.05, 3.63) is 0 Å². The fraction of sp³-hybridized carbons (Fsp3) is 0.909. The second-order valence-electron chi connectivity index (χ2n) is 4.14. The molecule has 0 unspecified atom stereocenters. The van der Waals surface area contributed by atoms with E-state index in [9.17, 15) is 4.79 Å². The first-order valence-electron chi connectivity index (χ1n) is 5.55. The smallest absolute Gasteiger partial charge is 0.306 e. The van der Waals surface area contributed by atoms with E-state index in [4.69, 9.17) is 4.74 Å². The number of rotatable bonds is 5. The topological polar surface area (TPSA) is 38.8 Å². The Morgan fingerprint density at radius 1 is 1.47 bits per heavy atom. The number of hydrogen-bond donors (Lipinski definition) is 0. The van der Waals surface area contributed by atoms with E-state index in [2.05, 4.69) is 16.7 Å². The molecule has 4 nitrogen and oxygen atoms in total. The lowest BCUT2D eigenvalue weighted by atomic mass is 10.00. The standard InChI is InChI=1S/C11H21NO3/c1-12(6-3-11(13)14-2)9-10-4-7-15-8-5-10/h10H,3-9H2,1-2H3. The molecule has 15 heavy (non-hydrogen) atoms. The molecule has 0 N–H and O–H groups in total. The largest absolute Gasteiger partial charge is 0.469 e. The van der Waals surface area contributed by atoms with Crippen LogP contribution in [0.1, 0.15) is 19.3 Å². The van der Waals surface area contributed by atoms with Gasteiger partial charge in [0.25, 0.3) is 0 Å². The lowest BCUT2D eigenvalue weighted by Crippen LogP contribution is -2.31. The SMILES string of the molecule is COC(=O)CCN(C)CC1CCOCC1. The van der Waals surface area contributed by atoms with Crippen molar-refractivity contribution in [2.24, 2.45) is 5.92 Å². The van der Waals surface area contributed by atoms with E-state index < -0.39 is 0 Å². The molecule has 0 spiro atoms. The molecule has 1 fully saturated rings. The van der Waals surface area contributed by atoms with Crippen LogP contribution in [-0.2, 0) is 14.3 Å². The van der Waals surface area contributed by atoms with Crippen molar-refractivity contribution in [3.8, 4) is 0 Å². The van der Waals surface area contributed by atoms with Crippen LogP contribution in [0, 0.1) is 5.92 Å². The molecule has 88 valence electrons. The highest BCUT2D eigenvalue weighted by molar-refractivity contribution is 5.69. The van der Waals surface area contributed by atoms with Gasteiger partial charge in [-0.05, 0) is 25.8 Å². The van der Waals surface area contributed by atoms with Crippen LogP contribution in [-0.4, -0.2) is 51.3 Å². The number of ether oxygens (including phenoxy) is 2. The van der Waals surface area contributed by atoms with E-state index in [1.165, 1.54) is 7.11 Å². The highest BCUT2D eigenvalue weighted by Crippen LogP contribution is 2.15. The fourth-order valence-corrected chi connectivity index (χ4v) is 1.85. The second-order valence-corrected chi connectivity index (χ2v) is 4.14. The van der Waals surface area contributed by atoms with Crippen LogP contribution < -0.4 is 0 Å². The molecule has 1 heterocycles. The summed E-state index contributed by atoms with van der Waals surface area (Å²) in [4.78, 5) is 13.1. The molecule has 0 aliphatic carbocycles. The maximum absolute atomic E-state index is 10.9. The predicted octanol–water partition coefficient (Wildman–Crippen LogP) is 0.908. The van der Waals surface area contributed by atoms with Crippen molar-refractivity contribution in [2.45, 2.75) is 19.3 Å². The summed E-state index contributed by atoms with van der Waals surface area (Å²) in [6.07, 6.45) is 2.77. The van der Waals surface area contributed by atoms with Crippen molar-refractivity contribution in [1.82, 2.24) is 4.90 Å². The zero-order valence-electron chi connectivity index (χ0n) is 9.70.